The van der Waals surface area contributed by atoms with Crippen LogP contribution in [0.15, 0.2) is 48.5 Å². The van der Waals surface area contributed by atoms with Crippen molar-refractivity contribution in [3.05, 3.63) is 65.2 Å². The van der Waals surface area contributed by atoms with Crippen molar-refractivity contribution in [2.24, 2.45) is 0 Å². The molecule has 2 aromatic carbocycles. The minimum Gasteiger partial charge on any atom is -0.497 e. The van der Waals surface area contributed by atoms with Gasteiger partial charge in [0.2, 0.25) is 0 Å². The first-order chi connectivity index (χ1) is 11.0. The number of hydrogen-bond donors (Lipinski definition) is 2. The molecule has 0 heterocycles. The van der Waals surface area contributed by atoms with Gasteiger partial charge in [0.1, 0.15) is 5.75 Å². The van der Waals surface area contributed by atoms with E-state index in [1.807, 2.05) is 36.2 Å². The van der Waals surface area contributed by atoms with E-state index in [0.717, 1.165) is 16.9 Å². The number of hydrogen-bond acceptors (Lipinski definition) is 4. The predicted molar refractivity (Wildman–Crippen MR) is 87.7 cm³/mol. The largest absolute Gasteiger partial charge is 0.497 e. The highest BCUT2D eigenvalue weighted by atomic mass is 16.5. The second-order valence-corrected chi connectivity index (χ2v) is 5.39. The minimum atomic E-state index is -0.934. The van der Waals surface area contributed by atoms with E-state index in [1.165, 1.54) is 0 Å². The van der Waals surface area contributed by atoms with Crippen molar-refractivity contribution in [2.75, 3.05) is 20.8 Å². The first-order valence-electron chi connectivity index (χ1n) is 7.32. The smallest absolute Gasteiger partial charge is 0.335 e. The monoisotopic (exact) mass is 315 g/mol. The maximum atomic E-state index is 10.9. The summed E-state index contributed by atoms with van der Waals surface area (Å²) in [5, 5.41) is 18.6. The molecule has 0 aliphatic carbocycles. The molecule has 122 valence electrons. The molecule has 1 unspecified atom stereocenters. The van der Waals surface area contributed by atoms with Crippen LogP contribution in [0.1, 0.15) is 27.5 Å². The Labute approximate surface area is 135 Å². The number of aliphatic hydroxyl groups is 1. The summed E-state index contributed by atoms with van der Waals surface area (Å²) in [4.78, 5) is 12.9. The fraction of sp³-hybridized carbons (Fsp3) is 0.278. The van der Waals surface area contributed by atoms with Crippen LogP contribution < -0.4 is 4.74 Å². The Balaban J connectivity index is 2.09. The Bertz CT molecular complexity index is 637. The first-order valence-corrected chi connectivity index (χ1v) is 7.32. The molecule has 0 saturated carbocycles. The Morgan fingerprint density at radius 1 is 1.13 bits per heavy atom. The van der Waals surface area contributed by atoms with Gasteiger partial charge in [-0.3, -0.25) is 4.90 Å². The van der Waals surface area contributed by atoms with Gasteiger partial charge in [-0.15, -0.1) is 0 Å². The maximum Gasteiger partial charge on any atom is 0.335 e. The van der Waals surface area contributed by atoms with E-state index in [-0.39, 0.29) is 18.2 Å². The zero-order valence-electron chi connectivity index (χ0n) is 13.3. The van der Waals surface area contributed by atoms with Crippen LogP contribution in [0.5, 0.6) is 5.75 Å². The van der Waals surface area contributed by atoms with Crippen LogP contribution >= 0.6 is 0 Å². The standard InChI is InChI=1S/C18H21NO4/c1-19(11-13-3-5-15(6-4-13)18(21)22)17(12-20)14-7-9-16(23-2)10-8-14/h3-10,17,20H,11-12H2,1-2H3,(H,21,22). The first kappa shape index (κ1) is 17.0. The zero-order valence-corrected chi connectivity index (χ0v) is 13.3. The lowest BCUT2D eigenvalue weighted by atomic mass is 10.0. The molecule has 0 saturated heterocycles. The highest BCUT2D eigenvalue weighted by Gasteiger charge is 2.16. The van der Waals surface area contributed by atoms with E-state index < -0.39 is 5.97 Å². The maximum absolute atomic E-state index is 10.9. The van der Waals surface area contributed by atoms with Gasteiger partial charge in [0.15, 0.2) is 0 Å². The summed E-state index contributed by atoms with van der Waals surface area (Å²) in [6.07, 6.45) is 0. The third-order valence-electron chi connectivity index (χ3n) is 3.84. The number of carbonyl (C=O) groups is 1. The van der Waals surface area contributed by atoms with E-state index >= 15 is 0 Å². The van der Waals surface area contributed by atoms with Gasteiger partial charge in [-0.2, -0.15) is 0 Å². The molecule has 2 rings (SSSR count). The molecule has 0 aliphatic heterocycles. The summed E-state index contributed by atoms with van der Waals surface area (Å²) >= 11 is 0. The van der Waals surface area contributed by atoms with Gasteiger partial charge in [0, 0.05) is 6.54 Å². The van der Waals surface area contributed by atoms with Crippen molar-refractivity contribution >= 4 is 5.97 Å². The average molecular weight is 315 g/mol. The summed E-state index contributed by atoms with van der Waals surface area (Å²) < 4.78 is 5.15. The minimum absolute atomic E-state index is 0.00393. The van der Waals surface area contributed by atoms with Gasteiger partial charge in [-0.25, -0.2) is 4.79 Å². The molecule has 5 nitrogen and oxygen atoms in total. The van der Waals surface area contributed by atoms with Crippen LogP contribution in [0.25, 0.3) is 0 Å². The molecule has 0 fully saturated rings. The van der Waals surface area contributed by atoms with Crippen LogP contribution in [0.3, 0.4) is 0 Å². The van der Waals surface area contributed by atoms with Gasteiger partial charge in [0.05, 0.1) is 25.3 Å². The normalized spacial score (nSPS) is 12.2. The highest BCUT2D eigenvalue weighted by Crippen LogP contribution is 2.23. The lowest BCUT2D eigenvalue weighted by molar-refractivity contribution is 0.0697. The van der Waals surface area contributed by atoms with Crippen molar-refractivity contribution in [3.8, 4) is 5.75 Å². The molecule has 0 aromatic heterocycles. The van der Waals surface area contributed by atoms with Crippen LogP contribution in [0.2, 0.25) is 0 Å². The molecular weight excluding hydrogens is 294 g/mol. The van der Waals surface area contributed by atoms with Gasteiger partial charge < -0.3 is 14.9 Å². The third kappa shape index (κ3) is 4.31. The van der Waals surface area contributed by atoms with E-state index in [9.17, 15) is 9.90 Å². The Kier molecular flexibility index (Phi) is 5.73. The van der Waals surface area contributed by atoms with E-state index in [2.05, 4.69) is 0 Å². The molecule has 0 amide bonds. The van der Waals surface area contributed by atoms with Gasteiger partial charge >= 0.3 is 5.97 Å². The van der Waals surface area contributed by atoms with E-state index in [1.54, 1.807) is 31.4 Å². The lowest BCUT2D eigenvalue weighted by Crippen LogP contribution is -2.27. The number of carboxylic acid groups (broad SMARTS) is 1. The number of ether oxygens (including phenoxy) is 1. The molecule has 1 atom stereocenters. The lowest BCUT2D eigenvalue weighted by Gasteiger charge is -2.27. The molecule has 0 bridgehead atoms. The number of methoxy groups -OCH3 is 1. The van der Waals surface area contributed by atoms with Gasteiger partial charge in [0.25, 0.3) is 0 Å². The highest BCUT2D eigenvalue weighted by molar-refractivity contribution is 5.87. The number of nitrogens with zero attached hydrogens (tertiary/aromatic N) is 1. The Hall–Kier alpha value is -2.37. The molecule has 2 N–H and O–H groups in total. The molecule has 5 heteroatoms. The molecule has 0 radical (unpaired) electrons. The van der Waals surface area contributed by atoms with Crippen molar-refractivity contribution in [1.29, 1.82) is 0 Å². The Morgan fingerprint density at radius 2 is 1.74 bits per heavy atom. The van der Waals surface area contributed by atoms with Crippen molar-refractivity contribution in [2.45, 2.75) is 12.6 Å². The summed E-state index contributed by atoms with van der Waals surface area (Å²) in [5.74, 6) is -0.159. The van der Waals surface area contributed by atoms with Crippen LogP contribution in [0, 0.1) is 0 Å². The van der Waals surface area contributed by atoms with E-state index in [0.29, 0.717) is 6.54 Å². The van der Waals surface area contributed by atoms with Crippen molar-refractivity contribution in [3.63, 3.8) is 0 Å². The molecule has 2 aromatic rings. The molecular formula is C18H21NO4. The van der Waals surface area contributed by atoms with Crippen molar-refractivity contribution < 1.29 is 19.7 Å². The van der Waals surface area contributed by atoms with Crippen LogP contribution in [-0.2, 0) is 6.54 Å². The Morgan fingerprint density at radius 3 is 2.22 bits per heavy atom. The quantitative estimate of drug-likeness (QED) is 0.822. The third-order valence-corrected chi connectivity index (χ3v) is 3.84. The number of likely N-dealkylation sites (N-methyl/N-ethyl adjacent to an activating group) is 1. The number of aliphatic hydroxyl groups excluding tert-OH is 1. The zero-order chi connectivity index (χ0) is 16.8. The predicted octanol–water partition coefficient (Wildman–Crippen LogP) is 2.56. The van der Waals surface area contributed by atoms with Crippen molar-refractivity contribution in [1.82, 2.24) is 4.90 Å². The van der Waals surface area contributed by atoms with Gasteiger partial charge in [-0.1, -0.05) is 24.3 Å². The second kappa shape index (κ2) is 7.76. The second-order valence-electron chi connectivity index (χ2n) is 5.39. The molecule has 0 spiro atoms. The molecule has 23 heavy (non-hydrogen) atoms. The summed E-state index contributed by atoms with van der Waals surface area (Å²) in [6, 6.07) is 14.2. The number of carboxylic acids is 1. The number of benzene rings is 2. The summed E-state index contributed by atoms with van der Waals surface area (Å²) in [5.41, 5.74) is 2.26. The average Bonchev–Trinajstić information content (AvgIpc) is 2.56. The molecule has 0 aliphatic rings. The topological polar surface area (TPSA) is 70.0 Å². The van der Waals surface area contributed by atoms with Crippen LogP contribution in [0.4, 0.5) is 0 Å². The van der Waals surface area contributed by atoms with Gasteiger partial charge in [-0.05, 0) is 42.4 Å². The van der Waals surface area contributed by atoms with E-state index in [4.69, 9.17) is 9.84 Å². The summed E-state index contributed by atoms with van der Waals surface area (Å²) in [6.45, 7) is 0.604. The van der Waals surface area contributed by atoms with Crippen LogP contribution in [-0.4, -0.2) is 41.8 Å². The fourth-order valence-corrected chi connectivity index (χ4v) is 2.48. The number of rotatable bonds is 7. The fourth-order valence-electron chi connectivity index (χ4n) is 2.48. The SMILES string of the molecule is COc1ccc(C(CO)N(C)Cc2ccc(C(=O)O)cc2)cc1. The summed E-state index contributed by atoms with van der Waals surface area (Å²) in [7, 11) is 3.54. The number of aromatic carboxylic acids is 1.